The highest BCUT2D eigenvalue weighted by Gasteiger charge is 2.51. The van der Waals surface area contributed by atoms with Crippen LogP contribution in [0.4, 0.5) is 0 Å². The zero-order valence-corrected chi connectivity index (χ0v) is 12.3. The summed E-state index contributed by atoms with van der Waals surface area (Å²) < 4.78 is 12.0. The molecule has 1 saturated heterocycles. The first-order chi connectivity index (χ1) is 8.71. The van der Waals surface area contributed by atoms with Crippen molar-refractivity contribution < 1.29 is 14.1 Å². The molecule has 0 bridgehead atoms. The summed E-state index contributed by atoms with van der Waals surface area (Å²) in [6.07, 6.45) is 0.476. The van der Waals surface area contributed by atoms with Gasteiger partial charge in [-0.25, -0.2) is 0 Å². The molecule has 4 heteroatoms. The Labute approximate surface area is 115 Å². The minimum atomic E-state index is -0.337. The standard InChI is InChI=1S/C15H21BO3/c1-11(17)10-12-6-8-13(9-7-12)16-18-14(2,3)15(4,5)19-16/h6-9H,10H2,1-5H3. The number of ketones is 1. The minimum absolute atomic E-state index is 0.170. The van der Waals surface area contributed by atoms with Crippen LogP contribution in [-0.2, 0) is 20.5 Å². The Morgan fingerprint density at radius 1 is 1.05 bits per heavy atom. The van der Waals surface area contributed by atoms with Crippen molar-refractivity contribution in [3.05, 3.63) is 29.8 Å². The minimum Gasteiger partial charge on any atom is -0.399 e. The Hall–Kier alpha value is -1.13. The quantitative estimate of drug-likeness (QED) is 0.781. The summed E-state index contributed by atoms with van der Waals surface area (Å²) in [6, 6.07) is 7.87. The molecule has 0 radical (unpaired) electrons. The summed E-state index contributed by atoms with van der Waals surface area (Å²) in [5, 5.41) is 0. The van der Waals surface area contributed by atoms with Crippen LogP contribution in [0.25, 0.3) is 0 Å². The van der Waals surface area contributed by atoms with E-state index in [9.17, 15) is 4.79 Å². The Balaban J connectivity index is 2.14. The molecule has 1 aromatic rings. The van der Waals surface area contributed by atoms with E-state index in [1.54, 1.807) is 6.92 Å². The van der Waals surface area contributed by atoms with Crippen LogP contribution >= 0.6 is 0 Å². The van der Waals surface area contributed by atoms with Crippen LogP contribution in [0.1, 0.15) is 40.2 Å². The van der Waals surface area contributed by atoms with Crippen molar-refractivity contribution in [3.8, 4) is 0 Å². The number of hydrogen-bond acceptors (Lipinski definition) is 3. The molecule has 0 unspecified atom stereocenters. The summed E-state index contributed by atoms with van der Waals surface area (Å²) in [5.74, 6) is 0.170. The summed E-state index contributed by atoms with van der Waals surface area (Å²) in [7, 11) is -0.337. The lowest BCUT2D eigenvalue weighted by Gasteiger charge is -2.32. The summed E-state index contributed by atoms with van der Waals surface area (Å²) in [5.41, 5.74) is 1.37. The first-order valence-electron chi connectivity index (χ1n) is 6.65. The molecule has 102 valence electrons. The fourth-order valence-corrected chi connectivity index (χ4v) is 2.06. The van der Waals surface area contributed by atoms with Gasteiger partial charge in [0.2, 0.25) is 0 Å². The van der Waals surface area contributed by atoms with E-state index >= 15 is 0 Å². The molecule has 0 atom stereocenters. The number of rotatable bonds is 3. The lowest BCUT2D eigenvalue weighted by molar-refractivity contribution is -0.116. The summed E-state index contributed by atoms with van der Waals surface area (Å²) in [4.78, 5) is 11.1. The lowest BCUT2D eigenvalue weighted by Crippen LogP contribution is -2.41. The second-order valence-corrected chi connectivity index (χ2v) is 6.21. The van der Waals surface area contributed by atoms with E-state index in [4.69, 9.17) is 9.31 Å². The molecule has 0 aliphatic carbocycles. The zero-order valence-electron chi connectivity index (χ0n) is 12.3. The van der Waals surface area contributed by atoms with Crippen LogP contribution < -0.4 is 5.46 Å². The predicted octanol–water partition coefficient (Wildman–Crippen LogP) is 2.12. The van der Waals surface area contributed by atoms with E-state index in [2.05, 4.69) is 0 Å². The lowest BCUT2D eigenvalue weighted by atomic mass is 9.78. The molecule has 1 aliphatic rings. The van der Waals surface area contributed by atoms with Crippen LogP contribution in [0.5, 0.6) is 0 Å². The van der Waals surface area contributed by atoms with Crippen LogP contribution in [0.15, 0.2) is 24.3 Å². The van der Waals surface area contributed by atoms with E-state index in [-0.39, 0.29) is 24.1 Å². The average Bonchev–Trinajstić information content (AvgIpc) is 2.48. The maximum absolute atomic E-state index is 11.1. The Morgan fingerprint density at radius 2 is 1.53 bits per heavy atom. The molecular weight excluding hydrogens is 239 g/mol. The predicted molar refractivity (Wildman–Crippen MR) is 76.5 cm³/mol. The SMILES string of the molecule is CC(=O)Cc1ccc(B2OC(C)(C)C(C)(C)O2)cc1. The van der Waals surface area contributed by atoms with Gasteiger partial charge in [-0.05, 0) is 45.6 Å². The van der Waals surface area contributed by atoms with Crippen LogP contribution in [0.2, 0.25) is 0 Å². The molecule has 1 fully saturated rings. The monoisotopic (exact) mass is 260 g/mol. The van der Waals surface area contributed by atoms with E-state index in [1.807, 2.05) is 52.0 Å². The fraction of sp³-hybridized carbons (Fsp3) is 0.533. The van der Waals surface area contributed by atoms with E-state index in [1.165, 1.54) is 0 Å². The maximum Gasteiger partial charge on any atom is 0.494 e. The average molecular weight is 260 g/mol. The third-order valence-electron chi connectivity index (χ3n) is 3.96. The third-order valence-corrected chi connectivity index (χ3v) is 3.96. The molecule has 1 heterocycles. The van der Waals surface area contributed by atoms with Crippen molar-refractivity contribution >= 4 is 18.4 Å². The second kappa shape index (κ2) is 4.76. The van der Waals surface area contributed by atoms with Gasteiger partial charge in [0.25, 0.3) is 0 Å². The third kappa shape index (κ3) is 2.90. The molecule has 0 amide bonds. The first kappa shape index (κ1) is 14.3. The molecule has 1 aliphatic heterocycles. The Morgan fingerprint density at radius 3 is 1.95 bits per heavy atom. The van der Waals surface area contributed by atoms with Crippen LogP contribution in [-0.4, -0.2) is 24.1 Å². The second-order valence-electron chi connectivity index (χ2n) is 6.21. The van der Waals surface area contributed by atoms with Crippen molar-refractivity contribution in [1.82, 2.24) is 0 Å². The Bertz CT molecular complexity index is 461. The molecule has 0 aromatic heterocycles. The van der Waals surface area contributed by atoms with Gasteiger partial charge < -0.3 is 9.31 Å². The number of carbonyl (C=O) groups excluding carboxylic acids is 1. The molecule has 2 rings (SSSR count). The number of hydrogen-bond donors (Lipinski definition) is 0. The molecule has 0 saturated carbocycles. The molecule has 19 heavy (non-hydrogen) atoms. The number of carbonyl (C=O) groups is 1. The van der Waals surface area contributed by atoms with Crippen molar-refractivity contribution in [2.45, 2.75) is 52.2 Å². The molecule has 0 N–H and O–H groups in total. The summed E-state index contributed by atoms with van der Waals surface area (Å²) in [6.45, 7) is 9.75. The van der Waals surface area contributed by atoms with Gasteiger partial charge >= 0.3 is 7.12 Å². The number of Topliss-reactive ketones (excluding diaryl/α,β-unsaturated/α-hetero) is 1. The van der Waals surface area contributed by atoms with Gasteiger partial charge in [-0.2, -0.15) is 0 Å². The summed E-state index contributed by atoms with van der Waals surface area (Å²) >= 11 is 0. The van der Waals surface area contributed by atoms with Crippen LogP contribution in [0, 0.1) is 0 Å². The maximum atomic E-state index is 11.1. The van der Waals surface area contributed by atoms with E-state index < -0.39 is 0 Å². The van der Waals surface area contributed by atoms with E-state index in [0.717, 1.165) is 11.0 Å². The van der Waals surface area contributed by atoms with Gasteiger partial charge in [0.15, 0.2) is 0 Å². The molecule has 0 spiro atoms. The van der Waals surface area contributed by atoms with Crippen molar-refractivity contribution in [3.63, 3.8) is 0 Å². The van der Waals surface area contributed by atoms with Crippen LogP contribution in [0.3, 0.4) is 0 Å². The van der Waals surface area contributed by atoms with Gasteiger partial charge in [0.05, 0.1) is 11.2 Å². The van der Waals surface area contributed by atoms with Crippen molar-refractivity contribution in [2.75, 3.05) is 0 Å². The van der Waals surface area contributed by atoms with Gasteiger partial charge in [0.1, 0.15) is 5.78 Å². The van der Waals surface area contributed by atoms with Gasteiger partial charge in [0, 0.05) is 6.42 Å². The zero-order chi connectivity index (χ0) is 14.3. The molecule has 1 aromatic carbocycles. The van der Waals surface area contributed by atoms with Crippen molar-refractivity contribution in [2.24, 2.45) is 0 Å². The topological polar surface area (TPSA) is 35.5 Å². The van der Waals surface area contributed by atoms with E-state index in [0.29, 0.717) is 6.42 Å². The smallest absolute Gasteiger partial charge is 0.399 e. The van der Waals surface area contributed by atoms with Gasteiger partial charge in [-0.15, -0.1) is 0 Å². The largest absolute Gasteiger partial charge is 0.494 e. The number of benzene rings is 1. The highest BCUT2D eigenvalue weighted by molar-refractivity contribution is 6.62. The Kier molecular flexibility index (Phi) is 3.58. The van der Waals surface area contributed by atoms with Gasteiger partial charge in [-0.3, -0.25) is 4.79 Å². The highest BCUT2D eigenvalue weighted by atomic mass is 16.7. The molecule has 3 nitrogen and oxygen atoms in total. The first-order valence-corrected chi connectivity index (χ1v) is 6.65. The van der Waals surface area contributed by atoms with Gasteiger partial charge in [-0.1, -0.05) is 24.3 Å². The molecular formula is C15H21BO3. The fourth-order valence-electron chi connectivity index (χ4n) is 2.06. The van der Waals surface area contributed by atoms with Crippen molar-refractivity contribution in [1.29, 1.82) is 0 Å². The normalized spacial score (nSPS) is 20.6. The highest BCUT2D eigenvalue weighted by Crippen LogP contribution is 2.36.